The Labute approximate surface area is 229 Å². The second-order valence-corrected chi connectivity index (χ2v) is 11.0. The van der Waals surface area contributed by atoms with Crippen molar-refractivity contribution < 1.29 is 18.7 Å². The lowest BCUT2D eigenvalue weighted by Crippen LogP contribution is -2.40. The number of thiazole rings is 1. The van der Waals surface area contributed by atoms with E-state index < -0.39 is 12.0 Å². The molecule has 0 aliphatic carbocycles. The lowest BCUT2D eigenvalue weighted by atomic mass is 9.95. The third-order valence-electron chi connectivity index (χ3n) is 6.98. The molecule has 0 radical (unpaired) electrons. The largest absolute Gasteiger partial charge is 0.496 e. The Hall–Kier alpha value is -3.30. The molecule has 200 valence electrons. The number of carbonyl (C=O) groups is 1. The fourth-order valence-electron chi connectivity index (χ4n) is 4.95. The predicted molar refractivity (Wildman–Crippen MR) is 148 cm³/mol. The van der Waals surface area contributed by atoms with Crippen LogP contribution in [-0.2, 0) is 9.53 Å². The highest BCUT2D eigenvalue weighted by molar-refractivity contribution is 7.07. The van der Waals surface area contributed by atoms with Gasteiger partial charge in [-0.25, -0.2) is 9.79 Å². The highest BCUT2D eigenvalue weighted by Gasteiger charge is 2.35. The third kappa shape index (κ3) is 4.92. The standard InChI is InChI=1S/C28H30ClN3O5S/c1-5-36-27(34)24-17(3)30-28-32(25(24)20-14-18(29)6-8-21(20)35-4)26(33)22(38-28)15-19-7-9-23(37-19)31-12-10-16(2)11-13-31/h6-9,14-16,25H,5,10-13H2,1-4H3/b22-15-/t25-/m1/s1. The summed E-state index contributed by atoms with van der Waals surface area (Å²) < 4.78 is 19.0. The van der Waals surface area contributed by atoms with Crippen molar-refractivity contribution in [1.82, 2.24) is 4.57 Å². The van der Waals surface area contributed by atoms with Crippen molar-refractivity contribution in [3.05, 3.63) is 77.6 Å². The molecule has 1 fully saturated rings. The fraction of sp³-hybridized carbons (Fsp3) is 0.393. The van der Waals surface area contributed by atoms with Crippen LogP contribution in [-0.4, -0.2) is 37.3 Å². The van der Waals surface area contributed by atoms with Crippen molar-refractivity contribution >= 4 is 40.9 Å². The Morgan fingerprint density at radius 3 is 2.74 bits per heavy atom. The maximum Gasteiger partial charge on any atom is 0.338 e. The number of carbonyl (C=O) groups excluding carboxylic acids is 1. The summed E-state index contributed by atoms with van der Waals surface area (Å²) in [6.07, 6.45) is 3.99. The Balaban J connectivity index is 1.62. The number of ether oxygens (including phenoxy) is 2. The Bertz CT molecular complexity index is 1580. The average Bonchev–Trinajstić information content (AvgIpc) is 3.48. The molecule has 2 aromatic heterocycles. The zero-order valence-electron chi connectivity index (χ0n) is 21.8. The van der Waals surface area contributed by atoms with Crippen LogP contribution in [0.15, 0.2) is 55.8 Å². The molecule has 10 heteroatoms. The molecule has 1 atom stereocenters. The number of anilines is 1. The second-order valence-electron chi connectivity index (χ2n) is 9.53. The fourth-order valence-corrected chi connectivity index (χ4v) is 6.16. The number of allylic oxidation sites excluding steroid dienone is 1. The van der Waals surface area contributed by atoms with Gasteiger partial charge in [0.2, 0.25) is 0 Å². The highest BCUT2D eigenvalue weighted by atomic mass is 35.5. The first kappa shape index (κ1) is 26.3. The van der Waals surface area contributed by atoms with E-state index in [0.717, 1.165) is 37.7 Å². The number of fused-ring (bicyclic) bond motifs is 1. The number of furan rings is 1. The minimum atomic E-state index is -0.816. The van der Waals surface area contributed by atoms with E-state index in [1.54, 1.807) is 38.1 Å². The van der Waals surface area contributed by atoms with Gasteiger partial charge in [-0.3, -0.25) is 9.36 Å². The summed E-state index contributed by atoms with van der Waals surface area (Å²) in [6, 6.07) is 8.13. The molecule has 38 heavy (non-hydrogen) atoms. The van der Waals surface area contributed by atoms with Crippen LogP contribution in [0.25, 0.3) is 6.08 Å². The highest BCUT2D eigenvalue weighted by Crippen LogP contribution is 2.37. The molecule has 0 saturated carbocycles. The van der Waals surface area contributed by atoms with Crippen molar-refractivity contribution in [1.29, 1.82) is 0 Å². The molecule has 8 nitrogen and oxygen atoms in total. The zero-order chi connectivity index (χ0) is 27.0. The quantitative estimate of drug-likeness (QED) is 0.422. The van der Waals surface area contributed by atoms with Crippen molar-refractivity contribution in [2.24, 2.45) is 10.9 Å². The molecular formula is C28H30ClN3O5S. The van der Waals surface area contributed by atoms with E-state index in [-0.39, 0.29) is 17.7 Å². The second kappa shape index (κ2) is 10.8. The molecule has 5 rings (SSSR count). The number of hydrogen-bond donors (Lipinski definition) is 0. The summed E-state index contributed by atoms with van der Waals surface area (Å²) in [5.41, 5.74) is 1.03. The van der Waals surface area contributed by atoms with Gasteiger partial charge in [-0.1, -0.05) is 29.9 Å². The molecule has 0 bridgehead atoms. The summed E-state index contributed by atoms with van der Waals surface area (Å²) in [5, 5.41) is 0.455. The number of nitrogens with zero attached hydrogens (tertiary/aromatic N) is 3. The lowest BCUT2D eigenvalue weighted by Gasteiger charge is -2.29. The topological polar surface area (TPSA) is 86.3 Å². The van der Waals surface area contributed by atoms with E-state index in [2.05, 4.69) is 16.8 Å². The van der Waals surface area contributed by atoms with E-state index >= 15 is 0 Å². The molecule has 0 amide bonds. The van der Waals surface area contributed by atoms with E-state index in [4.69, 9.17) is 25.5 Å². The maximum atomic E-state index is 13.8. The smallest absolute Gasteiger partial charge is 0.338 e. The van der Waals surface area contributed by atoms with Crippen LogP contribution in [0.3, 0.4) is 0 Å². The number of aromatic nitrogens is 1. The average molecular weight is 556 g/mol. The minimum Gasteiger partial charge on any atom is -0.496 e. The van der Waals surface area contributed by atoms with Gasteiger partial charge >= 0.3 is 5.97 Å². The molecule has 4 heterocycles. The van der Waals surface area contributed by atoms with Crippen LogP contribution in [0.4, 0.5) is 5.88 Å². The summed E-state index contributed by atoms with van der Waals surface area (Å²) in [6.45, 7) is 7.84. The van der Waals surface area contributed by atoms with Gasteiger partial charge in [0.05, 0.1) is 29.5 Å². The van der Waals surface area contributed by atoms with Crippen LogP contribution in [0.1, 0.15) is 51.0 Å². The molecule has 1 saturated heterocycles. The van der Waals surface area contributed by atoms with Crippen LogP contribution in [0.5, 0.6) is 5.75 Å². The van der Waals surface area contributed by atoms with E-state index in [1.165, 1.54) is 23.0 Å². The van der Waals surface area contributed by atoms with Gasteiger partial charge in [0.15, 0.2) is 10.7 Å². The van der Waals surface area contributed by atoms with Gasteiger partial charge in [0.1, 0.15) is 17.6 Å². The van der Waals surface area contributed by atoms with Gasteiger partial charge in [-0.2, -0.15) is 0 Å². The number of benzene rings is 1. The van der Waals surface area contributed by atoms with E-state index in [9.17, 15) is 9.59 Å². The number of piperidine rings is 1. The predicted octanol–water partition coefficient (Wildman–Crippen LogP) is 4.29. The number of rotatable bonds is 6. The van der Waals surface area contributed by atoms with Crippen molar-refractivity contribution in [3.8, 4) is 5.75 Å². The van der Waals surface area contributed by atoms with Gasteiger partial charge in [-0.15, -0.1) is 0 Å². The molecule has 2 aliphatic heterocycles. The Kier molecular flexibility index (Phi) is 7.49. The van der Waals surface area contributed by atoms with E-state index in [0.29, 0.717) is 37.1 Å². The molecule has 2 aliphatic rings. The molecule has 0 spiro atoms. The zero-order valence-corrected chi connectivity index (χ0v) is 23.4. The summed E-state index contributed by atoms with van der Waals surface area (Å²) in [7, 11) is 1.54. The monoisotopic (exact) mass is 555 g/mol. The SMILES string of the molecule is CCOC(=O)C1=C(C)N=c2s/c(=C\c3ccc(N4CCC(C)CC4)o3)c(=O)n2[C@@H]1c1cc(Cl)ccc1OC. The van der Waals surface area contributed by atoms with Crippen LogP contribution in [0.2, 0.25) is 5.02 Å². The third-order valence-corrected chi connectivity index (χ3v) is 8.20. The van der Waals surface area contributed by atoms with Crippen LogP contribution >= 0.6 is 22.9 Å². The maximum absolute atomic E-state index is 13.8. The van der Waals surface area contributed by atoms with Crippen molar-refractivity contribution in [2.75, 3.05) is 31.7 Å². The van der Waals surface area contributed by atoms with Crippen molar-refractivity contribution in [2.45, 2.75) is 39.7 Å². The normalized spacial score (nSPS) is 18.4. The van der Waals surface area contributed by atoms with Gasteiger partial charge in [-0.05, 0) is 56.9 Å². The van der Waals surface area contributed by atoms with Crippen LogP contribution in [0, 0.1) is 5.92 Å². The molecular weight excluding hydrogens is 526 g/mol. The Morgan fingerprint density at radius 2 is 2.03 bits per heavy atom. The van der Waals surface area contributed by atoms with Crippen molar-refractivity contribution in [3.63, 3.8) is 0 Å². The molecule has 1 aromatic carbocycles. The molecule has 3 aromatic rings. The first-order valence-electron chi connectivity index (χ1n) is 12.7. The van der Waals surface area contributed by atoms with E-state index in [1.807, 2.05) is 12.1 Å². The minimum absolute atomic E-state index is 0.191. The summed E-state index contributed by atoms with van der Waals surface area (Å²) in [4.78, 5) is 34.3. The summed E-state index contributed by atoms with van der Waals surface area (Å²) >= 11 is 7.60. The number of methoxy groups -OCH3 is 1. The Morgan fingerprint density at radius 1 is 1.26 bits per heavy atom. The number of hydrogen-bond acceptors (Lipinski definition) is 8. The van der Waals surface area contributed by atoms with Gasteiger partial charge in [0, 0.05) is 35.8 Å². The summed E-state index contributed by atoms with van der Waals surface area (Å²) in [5.74, 6) is 2.06. The van der Waals surface area contributed by atoms with Gasteiger partial charge < -0.3 is 18.8 Å². The van der Waals surface area contributed by atoms with Crippen LogP contribution < -0.4 is 24.5 Å². The number of halogens is 1. The first-order valence-corrected chi connectivity index (χ1v) is 13.9. The van der Waals surface area contributed by atoms with Gasteiger partial charge in [0.25, 0.3) is 5.56 Å². The first-order chi connectivity index (χ1) is 18.3. The number of esters is 1. The molecule has 0 unspecified atom stereocenters. The molecule has 0 N–H and O–H groups in total. The lowest BCUT2D eigenvalue weighted by molar-refractivity contribution is -0.139.